The van der Waals surface area contributed by atoms with E-state index in [-0.39, 0.29) is 12.1 Å². The van der Waals surface area contributed by atoms with Crippen LogP contribution in [0.1, 0.15) is 31.2 Å². The lowest BCUT2D eigenvalue weighted by Crippen LogP contribution is -2.46. The van der Waals surface area contributed by atoms with Gasteiger partial charge in [-0.3, -0.25) is 0 Å². The smallest absolute Gasteiger partial charge is 0.319 e. The summed E-state index contributed by atoms with van der Waals surface area (Å²) in [6.45, 7) is 1.85. The molecule has 2 atom stereocenters. The molecule has 3 N–H and O–H groups in total. The Bertz CT molecular complexity index is 465. The molecule has 1 aromatic rings. The van der Waals surface area contributed by atoms with Crippen LogP contribution in [0.4, 0.5) is 10.5 Å². The Kier molecular flexibility index (Phi) is 4.66. The Hall–Kier alpha value is -1.26. The summed E-state index contributed by atoms with van der Waals surface area (Å²) in [7, 11) is 0. The van der Waals surface area contributed by atoms with E-state index in [0.29, 0.717) is 10.7 Å². The number of carbonyl (C=O) groups is 1. The van der Waals surface area contributed by atoms with Gasteiger partial charge in [-0.2, -0.15) is 0 Å². The van der Waals surface area contributed by atoms with Crippen molar-refractivity contribution in [3.8, 4) is 0 Å². The van der Waals surface area contributed by atoms with Crippen molar-refractivity contribution in [1.82, 2.24) is 5.32 Å². The van der Waals surface area contributed by atoms with Crippen LogP contribution in [0.25, 0.3) is 0 Å². The van der Waals surface area contributed by atoms with Gasteiger partial charge in [0.05, 0.1) is 12.1 Å². The molecule has 2 amide bonds. The van der Waals surface area contributed by atoms with Gasteiger partial charge in [0, 0.05) is 10.7 Å². The molecule has 1 aliphatic carbocycles. The number of nitrogens with one attached hydrogen (secondary N) is 2. The van der Waals surface area contributed by atoms with Crippen LogP contribution in [0, 0.1) is 6.92 Å². The number of rotatable bonds is 2. The largest absolute Gasteiger partial charge is 0.391 e. The zero-order valence-corrected chi connectivity index (χ0v) is 11.7. The van der Waals surface area contributed by atoms with E-state index < -0.39 is 6.10 Å². The molecule has 2 rings (SSSR count). The molecular formula is C14H19ClN2O2. The first-order valence-corrected chi connectivity index (χ1v) is 6.96. The van der Waals surface area contributed by atoms with Crippen LogP contribution in [0.5, 0.6) is 0 Å². The standard InChI is InChI=1S/C14H19ClN2O2/c1-9-10(15)5-4-7-11(9)16-14(19)17-12-6-2-3-8-13(12)18/h4-5,7,12-13,18H,2-3,6,8H2,1H3,(H2,16,17,19). The van der Waals surface area contributed by atoms with Gasteiger partial charge >= 0.3 is 6.03 Å². The van der Waals surface area contributed by atoms with E-state index in [0.717, 1.165) is 31.2 Å². The van der Waals surface area contributed by atoms with Gasteiger partial charge < -0.3 is 15.7 Å². The highest BCUT2D eigenvalue weighted by Crippen LogP contribution is 2.23. The summed E-state index contributed by atoms with van der Waals surface area (Å²) in [5.41, 5.74) is 1.53. The lowest BCUT2D eigenvalue weighted by molar-refractivity contribution is 0.0955. The minimum Gasteiger partial charge on any atom is -0.391 e. The molecular weight excluding hydrogens is 264 g/mol. The fourth-order valence-electron chi connectivity index (χ4n) is 2.35. The first kappa shape index (κ1) is 14.2. The first-order chi connectivity index (χ1) is 9.08. The second-order valence-corrected chi connectivity index (χ2v) is 5.38. The molecule has 0 heterocycles. The molecule has 5 heteroatoms. The van der Waals surface area contributed by atoms with Crippen LogP contribution in [0.2, 0.25) is 5.02 Å². The highest BCUT2D eigenvalue weighted by atomic mass is 35.5. The maximum atomic E-state index is 11.9. The van der Waals surface area contributed by atoms with Crippen molar-refractivity contribution in [3.05, 3.63) is 28.8 Å². The molecule has 0 aromatic heterocycles. The molecule has 0 aliphatic heterocycles. The summed E-state index contributed by atoms with van der Waals surface area (Å²) in [5, 5.41) is 16.0. The highest BCUT2D eigenvalue weighted by molar-refractivity contribution is 6.31. The summed E-state index contributed by atoms with van der Waals surface area (Å²) < 4.78 is 0. The van der Waals surface area contributed by atoms with Crippen molar-refractivity contribution >= 4 is 23.3 Å². The van der Waals surface area contributed by atoms with Gasteiger partial charge in [0.2, 0.25) is 0 Å². The zero-order chi connectivity index (χ0) is 13.8. The number of aliphatic hydroxyl groups is 1. The predicted octanol–water partition coefficient (Wildman–Crippen LogP) is 3.07. The Morgan fingerprint density at radius 3 is 2.84 bits per heavy atom. The second kappa shape index (κ2) is 6.26. The number of halogens is 1. The van der Waals surface area contributed by atoms with E-state index in [9.17, 15) is 9.90 Å². The fraction of sp³-hybridized carbons (Fsp3) is 0.500. The van der Waals surface area contributed by atoms with Gasteiger partial charge in [-0.1, -0.05) is 30.5 Å². The molecule has 1 aromatic carbocycles. The third-order valence-corrected chi connectivity index (χ3v) is 3.97. The van der Waals surface area contributed by atoms with Crippen molar-refractivity contribution in [3.63, 3.8) is 0 Å². The molecule has 0 spiro atoms. The van der Waals surface area contributed by atoms with Crippen LogP contribution < -0.4 is 10.6 Å². The number of aliphatic hydroxyl groups excluding tert-OH is 1. The van der Waals surface area contributed by atoms with Gasteiger partial charge in [-0.25, -0.2) is 4.79 Å². The molecule has 104 valence electrons. The monoisotopic (exact) mass is 282 g/mol. The minimum absolute atomic E-state index is 0.159. The molecule has 1 saturated carbocycles. The van der Waals surface area contributed by atoms with Crippen LogP contribution in [-0.2, 0) is 0 Å². The Balaban J connectivity index is 1.95. The number of hydrogen-bond donors (Lipinski definition) is 3. The van der Waals surface area contributed by atoms with E-state index in [1.165, 1.54) is 0 Å². The molecule has 19 heavy (non-hydrogen) atoms. The van der Waals surface area contributed by atoms with Gasteiger partial charge in [-0.05, 0) is 37.5 Å². The minimum atomic E-state index is -0.444. The van der Waals surface area contributed by atoms with Crippen molar-refractivity contribution < 1.29 is 9.90 Å². The number of amides is 2. The molecule has 1 aliphatic rings. The fourth-order valence-corrected chi connectivity index (χ4v) is 2.52. The summed E-state index contributed by atoms with van der Waals surface area (Å²) >= 11 is 6.00. The van der Waals surface area contributed by atoms with Crippen LogP contribution >= 0.6 is 11.6 Å². The molecule has 0 bridgehead atoms. The van der Waals surface area contributed by atoms with Crippen molar-refractivity contribution in [1.29, 1.82) is 0 Å². The Morgan fingerprint density at radius 1 is 1.37 bits per heavy atom. The van der Waals surface area contributed by atoms with Gasteiger partial charge in [0.25, 0.3) is 0 Å². The van der Waals surface area contributed by atoms with E-state index in [4.69, 9.17) is 11.6 Å². The Morgan fingerprint density at radius 2 is 2.11 bits per heavy atom. The molecule has 0 radical (unpaired) electrons. The predicted molar refractivity (Wildman–Crippen MR) is 76.6 cm³/mol. The number of benzene rings is 1. The summed E-state index contributed by atoms with van der Waals surface area (Å²) in [4.78, 5) is 11.9. The van der Waals surface area contributed by atoms with Crippen LogP contribution in [0.15, 0.2) is 18.2 Å². The molecule has 4 nitrogen and oxygen atoms in total. The lowest BCUT2D eigenvalue weighted by atomic mass is 9.93. The summed E-state index contributed by atoms with van der Waals surface area (Å²) in [6.07, 6.45) is 3.19. The average Bonchev–Trinajstić information content (AvgIpc) is 2.38. The number of urea groups is 1. The van der Waals surface area contributed by atoms with E-state index in [2.05, 4.69) is 10.6 Å². The second-order valence-electron chi connectivity index (χ2n) is 4.97. The highest BCUT2D eigenvalue weighted by Gasteiger charge is 2.24. The van der Waals surface area contributed by atoms with E-state index in [1.54, 1.807) is 18.2 Å². The third kappa shape index (κ3) is 3.61. The summed E-state index contributed by atoms with van der Waals surface area (Å²) in [6, 6.07) is 4.92. The van der Waals surface area contributed by atoms with E-state index in [1.807, 2.05) is 6.92 Å². The topological polar surface area (TPSA) is 61.4 Å². The van der Waals surface area contributed by atoms with Gasteiger partial charge in [-0.15, -0.1) is 0 Å². The average molecular weight is 283 g/mol. The normalized spacial score (nSPS) is 22.9. The Labute approximate surface area is 118 Å². The number of carbonyl (C=O) groups excluding carboxylic acids is 1. The summed E-state index contributed by atoms with van der Waals surface area (Å²) in [5.74, 6) is 0. The lowest BCUT2D eigenvalue weighted by Gasteiger charge is -2.28. The van der Waals surface area contributed by atoms with Crippen molar-refractivity contribution in [2.75, 3.05) is 5.32 Å². The number of hydrogen-bond acceptors (Lipinski definition) is 2. The van der Waals surface area contributed by atoms with Crippen LogP contribution in [-0.4, -0.2) is 23.3 Å². The van der Waals surface area contributed by atoms with Gasteiger partial charge in [0.15, 0.2) is 0 Å². The van der Waals surface area contributed by atoms with Crippen molar-refractivity contribution in [2.24, 2.45) is 0 Å². The van der Waals surface area contributed by atoms with E-state index >= 15 is 0 Å². The SMILES string of the molecule is Cc1c(Cl)cccc1NC(=O)NC1CCCCC1O. The first-order valence-electron chi connectivity index (χ1n) is 6.58. The molecule has 0 saturated heterocycles. The quantitative estimate of drug-likeness (QED) is 0.781. The molecule has 1 fully saturated rings. The number of anilines is 1. The molecule has 2 unspecified atom stereocenters. The maximum Gasteiger partial charge on any atom is 0.319 e. The van der Waals surface area contributed by atoms with Crippen molar-refractivity contribution in [2.45, 2.75) is 44.8 Å². The maximum absolute atomic E-state index is 11.9. The zero-order valence-electron chi connectivity index (χ0n) is 10.9. The van der Waals surface area contributed by atoms with Crippen LogP contribution in [0.3, 0.4) is 0 Å². The van der Waals surface area contributed by atoms with Gasteiger partial charge in [0.1, 0.15) is 0 Å². The third-order valence-electron chi connectivity index (χ3n) is 3.56.